The minimum Gasteiger partial charge on any atom is -0.379 e. The molecule has 0 spiro atoms. The molecule has 2 heterocycles. The first-order valence-electron chi connectivity index (χ1n) is 12.8. The molecule has 1 saturated carbocycles. The van der Waals surface area contributed by atoms with E-state index in [1.807, 2.05) is 23.9 Å². The van der Waals surface area contributed by atoms with Crippen molar-refractivity contribution in [1.29, 1.82) is 0 Å². The average molecular weight is 513 g/mol. The van der Waals surface area contributed by atoms with Crippen LogP contribution < -0.4 is 10.0 Å². The summed E-state index contributed by atoms with van der Waals surface area (Å²) < 4.78 is 51.8. The van der Waals surface area contributed by atoms with Gasteiger partial charge in [0.25, 0.3) is 0 Å². The second kappa shape index (κ2) is 10.3. The maximum absolute atomic E-state index is 14.4. The summed E-state index contributed by atoms with van der Waals surface area (Å²) in [6.07, 6.45) is 7.55. The Morgan fingerprint density at radius 3 is 2.64 bits per heavy atom. The molecule has 1 aliphatic heterocycles. The zero-order valence-corrected chi connectivity index (χ0v) is 21.7. The van der Waals surface area contributed by atoms with Crippen molar-refractivity contribution in [3.8, 4) is 0 Å². The quantitative estimate of drug-likeness (QED) is 0.389. The molecule has 0 radical (unpaired) electrons. The molecule has 2 aliphatic rings. The number of rotatable bonds is 8. The lowest BCUT2D eigenvalue weighted by molar-refractivity contribution is 0.385. The van der Waals surface area contributed by atoms with Crippen LogP contribution >= 0.6 is 0 Å². The fraction of sp³-hybridized carbons (Fsp3) is 0.429. The van der Waals surface area contributed by atoms with Gasteiger partial charge in [0.05, 0.1) is 17.5 Å². The van der Waals surface area contributed by atoms with Crippen molar-refractivity contribution in [3.63, 3.8) is 0 Å². The van der Waals surface area contributed by atoms with Crippen LogP contribution in [-0.4, -0.2) is 20.9 Å². The first-order chi connectivity index (χ1) is 17.3. The van der Waals surface area contributed by atoms with Crippen LogP contribution in [-0.2, 0) is 36.3 Å². The highest BCUT2D eigenvalue weighted by Crippen LogP contribution is 2.34. The van der Waals surface area contributed by atoms with Crippen LogP contribution in [0.3, 0.4) is 0 Å². The second-order valence-corrected chi connectivity index (χ2v) is 12.1. The van der Waals surface area contributed by atoms with Gasteiger partial charge in [0.15, 0.2) is 11.6 Å². The highest BCUT2D eigenvalue weighted by atomic mass is 32.2. The molecule has 192 valence electrons. The van der Waals surface area contributed by atoms with Crippen molar-refractivity contribution >= 4 is 15.6 Å². The van der Waals surface area contributed by atoms with Gasteiger partial charge in [-0.05, 0) is 67.7 Å². The highest BCUT2D eigenvalue weighted by Gasteiger charge is 2.34. The van der Waals surface area contributed by atoms with Gasteiger partial charge < -0.3 is 9.88 Å². The van der Waals surface area contributed by atoms with Gasteiger partial charge in [0.2, 0.25) is 0 Å². The van der Waals surface area contributed by atoms with Gasteiger partial charge in [-0.25, -0.2) is 22.1 Å². The zero-order valence-electron chi connectivity index (χ0n) is 20.8. The van der Waals surface area contributed by atoms with Gasteiger partial charge in [-0.1, -0.05) is 37.3 Å². The molecule has 1 aromatic heterocycles. The predicted molar refractivity (Wildman–Crippen MR) is 140 cm³/mol. The molecule has 3 atom stereocenters. The predicted octanol–water partition coefficient (Wildman–Crippen LogP) is 5.99. The van der Waals surface area contributed by atoms with Crippen molar-refractivity contribution in [2.24, 2.45) is 17.3 Å². The summed E-state index contributed by atoms with van der Waals surface area (Å²) in [6, 6.07) is 14.5. The van der Waals surface area contributed by atoms with Crippen molar-refractivity contribution < 1.29 is 13.0 Å². The number of nitrogens with zero attached hydrogens (tertiary/aromatic N) is 2. The van der Waals surface area contributed by atoms with Crippen molar-refractivity contribution in [1.82, 2.24) is 9.29 Å². The first-order valence-corrected chi connectivity index (χ1v) is 14.3. The summed E-state index contributed by atoms with van der Waals surface area (Å²) in [5.41, 5.74) is 3.86. The SMILES string of the molecule is CC(CCc1ccccc1)[C@H]1CCc2c(cn(C)c2CNc2ccc(F)c(F)c2)S(=O)(=NC2CC2)N1. The largest absolute Gasteiger partial charge is 0.379 e. The number of halogens is 2. The Balaban J connectivity index is 1.39. The summed E-state index contributed by atoms with van der Waals surface area (Å²) in [6.45, 7) is 2.66. The number of anilines is 1. The van der Waals surface area contributed by atoms with Crippen molar-refractivity contribution in [3.05, 3.63) is 83.2 Å². The van der Waals surface area contributed by atoms with Gasteiger partial charge >= 0.3 is 0 Å². The standard InChI is InChI=1S/C28H34F2N4OS/c1-19(8-9-20-6-4-3-5-7-20)26-15-13-23-27(17-31-22-12-14-24(29)25(30)16-22)34(2)18-28(23)36(35,33-26)32-21-10-11-21/h3-7,12,14,16,18-19,21,26,31H,8-11,13,15,17H2,1-2H3,(H,32,33,35)/t19?,26-,36?/m1/s1. The summed E-state index contributed by atoms with van der Waals surface area (Å²) in [4.78, 5) is 0.775. The number of aryl methyl sites for hydroxylation is 2. The fourth-order valence-electron chi connectivity index (χ4n) is 4.96. The molecular weight excluding hydrogens is 478 g/mol. The summed E-state index contributed by atoms with van der Waals surface area (Å²) in [5, 5.41) is 3.21. The molecule has 2 N–H and O–H groups in total. The normalized spacial score (nSPS) is 22.5. The zero-order chi connectivity index (χ0) is 25.3. The van der Waals surface area contributed by atoms with Gasteiger partial charge in [0.1, 0.15) is 9.92 Å². The van der Waals surface area contributed by atoms with Gasteiger partial charge in [0, 0.05) is 36.7 Å². The third kappa shape index (κ3) is 5.49. The van der Waals surface area contributed by atoms with E-state index in [0.29, 0.717) is 18.2 Å². The third-order valence-electron chi connectivity index (χ3n) is 7.34. The third-order valence-corrected chi connectivity index (χ3v) is 9.50. The molecule has 0 saturated heterocycles. The Kier molecular flexibility index (Phi) is 7.17. The van der Waals surface area contributed by atoms with Crippen LogP contribution in [0.15, 0.2) is 64.0 Å². The molecule has 2 aromatic carbocycles. The Hall–Kier alpha value is -2.71. The van der Waals surface area contributed by atoms with E-state index in [-0.39, 0.29) is 12.1 Å². The summed E-state index contributed by atoms with van der Waals surface area (Å²) in [5.74, 6) is -1.41. The molecule has 1 aliphatic carbocycles. The fourth-order valence-corrected chi connectivity index (χ4v) is 7.51. The number of benzene rings is 2. The van der Waals surface area contributed by atoms with E-state index in [4.69, 9.17) is 4.36 Å². The topological polar surface area (TPSA) is 58.4 Å². The summed E-state index contributed by atoms with van der Waals surface area (Å²) >= 11 is 0. The minimum absolute atomic E-state index is 0.0911. The Morgan fingerprint density at radius 1 is 1.14 bits per heavy atom. The number of hydrogen-bond acceptors (Lipinski definition) is 3. The van der Waals surface area contributed by atoms with Gasteiger partial charge in [-0.2, -0.15) is 0 Å². The molecule has 3 aromatic rings. The van der Waals surface area contributed by atoms with Crippen molar-refractivity contribution in [2.75, 3.05) is 5.32 Å². The van der Waals surface area contributed by atoms with Gasteiger partial charge in [-0.15, -0.1) is 0 Å². The van der Waals surface area contributed by atoms with E-state index in [2.05, 4.69) is 41.2 Å². The number of fused-ring (bicyclic) bond motifs is 1. The van der Waals surface area contributed by atoms with E-state index >= 15 is 0 Å². The minimum atomic E-state index is -2.78. The Bertz CT molecular complexity index is 1340. The van der Waals surface area contributed by atoms with Crippen LogP contribution in [0, 0.1) is 17.6 Å². The maximum atomic E-state index is 14.4. The molecule has 1 fully saturated rings. The molecule has 0 bridgehead atoms. The molecule has 5 nitrogen and oxygen atoms in total. The van der Waals surface area contributed by atoms with Crippen molar-refractivity contribution in [2.45, 2.75) is 69.0 Å². The lowest BCUT2D eigenvalue weighted by Crippen LogP contribution is -2.38. The maximum Gasteiger partial charge on any atom is 0.160 e. The van der Waals surface area contributed by atoms with E-state index in [0.717, 1.165) is 66.8 Å². The molecule has 8 heteroatoms. The lowest BCUT2D eigenvalue weighted by Gasteiger charge is -2.25. The average Bonchev–Trinajstić information content (AvgIpc) is 3.63. The molecular formula is C28H34F2N4OS. The first kappa shape index (κ1) is 25.0. The van der Waals surface area contributed by atoms with Crippen LogP contribution in [0.1, 0.15) is 49.4 Å². The van der Waals surface area contributed by atoms with Crippen LogP contribution in [0.25, 0.3) is 0 Å². The van der Waals surface area contributed by atoms with Crippen LogP contribution in [0.2, 0.25) is 0 Å². The molecule has 36 heavy (non-hydrogen) atoms. The lowest BCUT2D eigenvalue weighted by atomic mass is 9.91. The van der Waals surface area contributed by atoms with E-state index in [1.54, 1.807) is 0 Å². The van der Waals surface area contributed by atoms with Gasteiger partial charge in [-0.3, -0.25) is 0 Å². The molecule has 0 amide bonds. The second-order valence-electron chi connectivity index (χ2n) is 10.1. The van der Waals surface area contributed by atoms with E-state index in [1.165, 1.54) is 11.6 Å². The summed E-state index contributed by atoms with van der Waals surface area (Å²) in [7, 11) is -0.842. The Morgan fingerprint density at radius 2 is 1.92 bits per heavy atom. The highest BCUT2D eigenvalue weighted by molar-refractivity contribution is 7.91. The number of nitrogens with one attached hydrogen (secondary N) is 2. The monoisotopic (exact) mass is 512 g/mol. The molecule has 2 unspecified atom stereocenters. The smallest absolute Gasteiger partial charge is 0.160 e. The van der Waals surface area contributed by atoms with Crippen LogP contribution in [0.4, 0.5) is 14.5 Å². The number of hydrogen-bond donors (Lipinski definition) is 2. The molecule has 5 rings (SSSR count). The van der Waals surface area contributed by atoms with E-state index in [9.17, 15) is 13.0 Å². The number of aromatic nitrogens is 1. The Labute approximate surface area is 212 Å². The van der Waals surface area contributed by atoms with E-state index < -0.39 is 21.5 Å². The van der Waals surface area contributed by atoms with Crippen LogP contribution in [0.5, 0.6) is 0 Å².